The average Bonchev–Trinajstić information content (AvgIpc) is 2.88. The SMILES string of the molecule is CC=CC(OC(=O)C(Cc1cc(=O)[nH]c2ccccc12)NC(=O)c1ccc(Cl)cc1)N1CCOCC1. The summed E-state index contributed by atoms with van der Waals surface area (Å²) in [5.41, 5.74) is 1.34. The number of hydrogen-bond donors (Lipinski definition) is 2. The lowest BCUT2D eigenvalue weighted by Crippen LogP contribution is -2.49. The van der Waals surface area contributed by atoms with E-state index < -0.39 is 24.1 Å². The maximum Gasteiger partial charge on any atom is 0.330 e. The lowest BCUT2D eigenvalue weighted by molar-refractivity contribution is -0.160. The molecular formula is C27H28ClN3O5. The Bertz CT molecular complexity index is 1300. The number of aromatic nitrogens is 1. The Morgan fingerprint density at radius 3 is 2.61 bits per heavy atom. The molecule has 1 aliphatic heterocycles. The number of nitrogens with zero attached hydrogens (tertiary/aromatic N) is 1. The Hall–Kier alpha value is -3.46. The van der Waals surface area contributed by atoms with E-state index >= 15 is 0 Å². The molecule has 2 aromatic carbocycles. The van der Waals surface area contributed by atoms with Gasteiger partial charge in [-0.05, 0) is 48.9 Å². The minimum absolute atomic E-state index is 0.0776. The summed E-state index contributed by atoms with van der Waals surface area (Å²) in [6.45, 7) is 4.16. The predicted octanol–water partition coefficient (Wildman–Crippen LogP) is 3.30. The first-order valence-electron chi connectivity index (χ1n) is 11.8. The molecule has 1 aromatic heterocycles. The molecular weight excluding hydrogens is 482 g/mol. The number of aromatic amines is 1. The summed E-state index contributed by atoms with van der Waals surface area (Å²) in [5, 5.41) is 4.08. The van der Waals surface area contributed by atoms with Gasteiger partial charge in [-0.25, -0.2) is 4.79 Å². The third-order valence-electron chi connectivity index (χ3n) is 5.96. The van der Waals surface area contributed by atoms with Crippen LogP contribution in [-0.2, 0) is 20.7 Å². The maximum absolute atomic E-state index is 13.5. The smallest absolute Gasteiger partial charge is 0.330 e. The number of ether oxygens (including phenoxy) is 2. The molecule has 2 N–H and O–H groups in total. The van der Waals surface area contributed by atoms with Gasteiger partial charge in [0.1, 0.15) is 6.04 Å². The fraction of sp³-hybridized carbons (Fsp3) is 0.296. The number of pyridine rings is 1. The van der Waals surface area contributed by atoms with Crippen molar-refractivity contribution in [2.75, 3.05) is 26.3 Å². The van der Waals surface area contributed by atoms with Crippen molar-refractivity contribution in [2.45, 2.75) is 25.6 Å². The standard InChI is InChI=1S/C27H28ClN3O5/c1-2-5-25(31-12-14-35-15-13-31)36-27(34)23(30-26(33)18-8-10-20(28)11-9-18)16-19-17-24(32)29-22-7-4-3-6-21(19)22/h2-11,17,23,25H,12-16H2,1H3,(H,29,32)(H,30,33). The average molecular weight is 510 g/mol. The number of allylic oxidation sites excluding steroid dienone is 1. The number of esters is 1. The summed E-state index contributed by atoms with van der Waals surface area (Å²) >= 11 is 5.95. The van der Waals surface area contributed by atoms with Gasteiger partial charge in [-0.1, -0.05) is 35.9 Å². The van der Waals surface area contributed by atoms with Crippen molar-refractivity contribution in [3.63, 3.8) is 0 Å². The number of rotatable bonds is 8. The Labute approximate surface area is 213 Å². The number of amides is 1. The Kier molecular flexibility index (Phi) is 8.53. The molecule has 0 spiro atoms. The first-order valence-corrected chi connectivity index (χ1v) is 12.1. The van der Waals surface area contributed by atoms with Gasteiger partial charge in [0.05, 0.1) is 13.2 Å². The van der Waals surface area contributed by atoms with Crippen LogP contribution in [0.5, 0.6) is 0 Å². The highest BCUT2D eigenvalue weighted by Crippen LogP contribution is 2.18. The number of hydrogen-bond acceptors (Lipinski definition) is 6. The minimum Gasteiger partial charge on any atom is -0.441 e. The van der Waals surface area contributed by atoms with Crippen LogP contribution in [0.2, 0.25) is 5.02 Å². The van der Waals surface area contributed by atoms with E-state index in [-0.39, 0.29) is 12.0 Å². The molecule has 2 heterocycles. The van der Waals surface area contributed by atoms with Crippen molar-refractivity contribution in [3.05, 3.63) is 93.3 Å². The molecule has 0 radical (unpaired) electrons. The fourth-order valence-electron chi connectivity index (χ4n) is 4.14. The number of benzene rings is 2. The van der Waals surface area contributed by atoms with Gasteiger partial charge >= 0.3 is 5.97 Å². The number of nitrogens with one attached hydrogen (secondary N) is 2. The van der Waals surface area contributed by atoms with E-state index in [2.05, 4.69) is 10.3 Å². The summed E-state index contributed by atoms with van der Waals surface area (Å²) in [7, 11) is 0. The lowest BCUT2D eigenvalue weighted by Gasteiger charge is -2.33. The second kappa shape index (κ2) is 12.0. The second-order valence-electron chi connectivity index (χ2n) is 8.44. The molecule has 3 aromatic rings. The third kappa shape index (κ3) is 6.40. The first-order chi connectivity index (χ1) is 17.4. The van der Waals surface area contributed by atoms with Gasteiger partial charge in [-0.3, -0.25) is 14.5 Å². The van der Waals surface area contributed by atoms with Crippen molar-refractivity contribution in [1.82, 2.24) is 15.2 Å². The van der Waals surface area contributed by atoms with E-state index in [1.165, 1.54) is 6.07 Å². The molecule has 1 saturated heterocycles. The molecule has 1 fully saturated rings. The van der Waals surface area contributed by atoms with Gasteiger partial charge in [-0.2, -0.15) is 0 Å². The first kappa shape index (κ1) is 25.6. The quantitative estimate of drug-likeness (QED) is 0.357. The Morgan fingerprint density at radius 1 is 1.17 bits per heavy atom. The summed E-state index contributed by atoms with van der Waals surface area (Å²) in [6.07, 6.45) is 3.09. The van der Waals surface area contributed by atoms with Crippen LogP contribution in [0, 0.1) is 0 Å². The van der Waals surface area contributed by atoms with Gasteiger partial charge in [-0.15, -0.1) is 0 Å². The second-order valence-corrected chi connectivity index (χ2v) is 8.88. The van der Waals surface area contributed by atoms with Crippen molar-refractivity contribution in [3.8, 4) is 0 Å². The minimum atomic E-state index is -1.04. The molecule has 4 rings (SSSR count). The molecule has 1 amide bonds. The van der Waals surface area contributed by atoms with Crippen LogP contribution >= 0.6 is 11.6 Å². The highest BCUT2D eigenvalue weighted by Gasteiger charge is 2.29. The number of carbonyl (C=O) groups is 2. The molecule has 8 nitrogen and oxygen atoms in total. The number of H-pyrrole nitrogens is 1. The molecule has 0 bridgehead atoms. The topological polar surface area (TPSA) is 101 Å². The Balaban J connectivity index is 1.63. The molecule has 2 unspecified atom stereocenters. The molecule has 188 valence electrons. The van der Waals surface area contributed by atoms with Crippen molar-refractivity contribution in [2.24, 2.45) is 0 Å². The van der Waals surface area contributed by atoms with E-state index in [9.17, 15) is 14.4 Å². The lowest BCUT2D eigenvalue weighted by atomic mass is 10.0. The van der Waals surface area contributed by atoms with E-state index in [0.717, 1.165) is 5.39 Å². The van der Waals surface area contributed by atoms with Gasteiger partial charge in [0.2, 0.25) is 5.56 Å². The van der Waals surface area contributed by atoms with Gasteiger partial charge in [0, 0.05) is 47.1 Å². The number of para-hydroxylation sites is 1. The van der Waals surface area contributed by atoms with Crippen molar-refractivity contribution >= 4 is 34.4 Å². The van der Waals surface area contributed by atoms with Crippen LogP contribution in [-0.4, -0.2) is 60.3 Å². The zero-order valence-electron chi connectivity index (χ0n) is 19.9. The molecule has 36 heavy (non-hydrogen) atoms. The number of halogens is 1. The van der Waals surface area contributed by atoms with Crippen molar-refractivity contribution < 1.29 is 19.1 Å². The molecule has 2 atom stereocenters. The summed E-state index contributed by atoms with van der Waals surface area (Å²) in [6, 6.07) is 14.1. The summed E-state index contributed by atoms with van der Waals surface area (Å²) < 4.78 is 11.3. The zero-order valence-corrected chi connectivity index (χ0v) is 20.7. The normalized spacial score (nSPS) is 16.1. The van der Waals surface area contributed by atoms with E-state index in [4.69, 9.17) is 21.1 Å². The van der Waals surface area contributed by atoms with E-state index in [0.29, 0.717) is 48.0 Å². The van der Waals surface area contributed by atoms with Gasteiger partial charge in [0.25, 0.3) is 5.91 Å². The largest absolute Gasteiger partial charge is 0.441 e. The highest BCUT2D eigenvalue weighted by atomic mass is 35.5. The summed E-state index contributed by atoms with van der Waals surface area (Å²) in [4.78, 5) is 43.6. The maximum atomic E-state index is 13.5. The molecule has 0 aliphatic carbocycles. The van der Waals surface area contributed by atoms with Gasteiger partial charge in [0.15, 0.2) is 6.23 Å². The van der Waals surface area contributed by atoms with E-state index in [1.54, 1.807) is 36.4 Å². The van der Waals surface area contributed by atoms with Crippen LogP contribution in [0.4, 0.5) is 0 Å². The van der Waals surface area contributed by atoms with Crippen LogP contribution in [0.15, 0.2) is 71.5 Å². The van der Waals surface area contributed by atoms with Crippen LogP contribution < -0.4 is 10.9 Å². The number of carbonyl (C=O) groups excluding carboxylic acids is 2. The number of morpholine rings is 1. The van der Waals surface area contributed by atoms with E-state index in [1.807, 2.05) is 36.1 Å². The molecule has 1 aliphatic rings. The third-order valence-corrected chi connectivity index (χ3v) is 6.21. The van der Waals surface area contributed by atoms with Crippen molar-refractivity contribution in [1.29, 1.82) is 0 Å². The zero-order chi connectivity index (χ0) is 25.5. The molecule has 0 saturated carbocycles. The van der Waals surface area contributed by atoms with Crippen LogP contribution in [0.1, 0.15) is 22.8 Å². The highest BCUT2D eigenvalue weighted by molar-refractivity contribution is 6.30. The number of fused-ring (bicyclic) bond motifs is 1. The van der Waals surface area contributed by atoms with Crippen LogP contribution in [0.25, 0.3) is 10.9 Å². The Morgan fingerprint density at radius 2 is 1.89 bits per heavy atom. The van der Waals surface area contributed by atoms with Gasteiger partial charge < -0.3 is 19.8 Å². The van der Waals surface area contributed by atoms with Crippen LogP contribution in [0.3, 0.4) is 0 Å². The monoisotopic (exact) mass is 509 g/mol. The summed E-state index contributed by atoms with van der Waals surface area (Å²) in [5.74, 6) is -1.05. The predicted molar refractivity (Wildman–Crippen MR) is 138 cm³/mol. The molecule has 9 heteroatoms. The fourth-order valence-corrected chi connectivity index (χ4v) is 4.26.